The first-order chi connectivity index (χ1) is 14.7. The molecule has 4 aromatic rings. The quantitative estimate of drug-likeness (QED) is 0.380. The Hall–Kier alpha value is -3.22. The van der Waals surface area contributed by atoms with Gasteiger partial charge in [0.05, 0.1) is 0 Å². The maximum absolute atomic E-state index is 5.65. The van der Waals surface area contributed by atoms with Crippen molar-refractivity contribution in [3.8, 4) is 11.1 Å². The van der Waals surface area contributed by atoms with Gasteiger partial charge in [-0.05, 0) is 61.1 Å². The molecule has 30 heavy (non-hydrogen) atoms. The molecule has 0 bridgehead atoms. The Morgan fingerprint density at radius 2 is 1.93 bits per heavy atom. The van der Waals surface area contributed by atoms with E-state index in [2.05, 4.69) is 37.6 Å². The topological polar surface area (TPSA) is 89.9 Å². The van der Waals surface area contributed by atoms with Crippen molar-refractivity contribution in [3.05, 3.63) is 54.1 Å². The highest BCUT2D eigenvalue weighted by Crippen LogP contribution is 2.38. The Balaban J connectivity index is 1.10. The molecule has 1 fully saturated rings. The van der Waals surface area contributed by atoms with E-state index >= 15 is 0 Å². The second kappa shape index (κ2) is 8.26. The Labute approximate surface area is 174 Å². The van der Waals surface area contributed by atoms with E-state index in [-0.39, 0.29) is 0 Å². The standard InChI is InChI=1S/C23H25N5O2/c1-15-26-19-9-8-17(13-20(19)29-15)18-10-12-25-21(14-18)24-11-4-2-3-5-22-27-23(28-30-22)16-6-7-16/h8-10,12-14,16H,2-7,11H2,1H3,(H,24,25). The van der Waals surface area contributed by atoms with Crippen LogP contribution in [0.5, 0.6) is 0 Å². The molecule has 0 aliphatic heterocycles. The molecule has 7 nitrogen and oxygen atoms in total. The van der Waals surface area contributed by atoms with Gasteiger partial charge in [0.2, 0.25) is 5.89 Å². The van der Waals surface area contributed by atoms with Crippen LogP contribution < -0.4 is 5.32 Å². The second-order valence-corrected chi connectivity index (χ2v) is 7.90. The number of nitrogens with one attached hydrogen (secondary N) is 1. The van der Waals surface area contributed by atoms with E-state index in [0.717, 1.165) is 72.0 Å². The van der Waals surface area contributed by atoms with Gasteiger partial charge in [-0.2, -0.15) is 4.98 Å². The van der Waals surface area contributed by atoms with Crippen LogP contribution in [0.15, 0.2) is 45.5 Å². The number of aromatic nitrogens is 4. The first-order valence-electron chi connectivity index (χ1n) is 10.6. The van der Waals surface area contributed by atoms with E-state index in [4.69, 9.17) is 8.94 Å². The van der Waals surface area contributed by atoms with Gasteiger partial charge in [-0.3, -0.25) is 0 Å². The molecule has 1 aromatic carbocycles. The lowest BCUT2D eigenvalue weighted by Gasteiger charge is -2.07. The predicted octanol–water partition coefficient (Wildman–Crippen LogP) is 5.28. The Bertz CT molecular complexity index is 1150. The van der Waals surface area contributed by atoms with Gasteiger partial charge in [0.15, 0.2) is 17.3 Å². The fourth-order valence-electron chi connectivity index (χ4n) is 3.60. The van der Waals surface area contributed by atoms with Crippen LogP contribution in [0.3, 0.4) is 0 Å². The van der Waals surface area contributed by atoms with Gasteiger partial charge in [-0.15, -0.1) is 0 Å². The summed E-state index contributed by atoms with van der Waals surface area (Å²) in [6.45, 7) is 2.75. The zero-order valence-electron chi connectivity index (χ0n) is 17.1. The Morgan fingerprint density at radius 3 is 2.83 bits per heavy atom. The van der Waals surface area contributed by atoms with Crippen LogP contribution in [-0.4, -0.2) is 26.7 Å². The van der Waals surface area contributed by atoms with Gasteiger partial charge >= 0.3 is 0 Å². The SMILES string of the molecule is Cc1nc2ccc(-c3ccnc(NCCCCCc4nc(C5CC5)no4)c3)cc2o1. The molecule has 5 rings (SSSR count). The number of aryl methyl sites for hydroxylation is 2. The highest BCUT2D eigenvalue weighted by Gasteiger charge is 2.28. The van der Waals surface area contributed by atoms with Gasteiger partial charge in [0, 0.05) is 32.0 Å². The zero-order valence-corrected chi connectivity index (χ0v) is 17.1. The number of unbranched alkanes of at least 4 members (excludes halogenated alkanes) is 2. The van der Waals surface area contributed by atoms with E-state index < -0.39 is 0 Å². The minimum absolute atomic E-state index is 0.553. The Morgan fingerprint density at radius 1 is 1.03 bits per heavy atom. The summed E-state index contributed by atoms with van der Waals surface area (Å²) in [5.41, 5.74) is 3.88. The molecule has 0 spiro atoms. The molecule has 3 heterocycles. The minimum atomic E-state index is 0.553. The molecule has 0 unspecified atom stereocenters. The number of nitrogens with zero attached hydrogens (tertiary/aromatic N) is 4. The van der Waals surface area contributed by atoms with E-state index in [1.165, 1.54) is 12.8 Å². The van der Waals surface area contributed by atoms with Gasteiger partial charge in [-0.25, -0.2) is 9.97 Å². The number of hydrogen-bond donors (Lipinski definition) is 1. The first kappa shape index (κ1) is 18.8. The molecule has 3 aromatic heterocycles. The normalized spacial score (nSPS) is 13.8. The molecular weight excluding hydrogens is 378 g/mol. The number of benzene rings is 1. The van der Waals surface area contributed by atoms with Gasteiger partial charge < -0.3 is 14.3 Å². The molecule has 1 aliphatic carbocycles. The van der Waals surface area contributed by atoms with Crippen molar-refractivity contribution >= 4 is 16.9 Å². The maximum Gasteiger partial charge on any atom is 0.226 e. The molecule has 154 valence electrons. The largest absolute Gasteiger partial charge is 0.441 e. The second-order valence-electron chi connectivity index (χ2n) is 7.90. The third-order valence-electron chi connectivity index (χ3n) is 5.39. The van der Waals surface area contributed by atoms with Crippen LogP contribution >= 0.6 is 0 Å². The third kappa shape index (κ3) is 4.35. The van der Waals surface area contributed by atoms with Gasteiger partial charge in [0.1, 0.15) is 11.3 Å². The Kier molecular flexibility index (Phi) is 5.17. The lowest BCUT2D eigenvalue weighted by molar-refractivity contribution is 0.369. The molecule has 1 saturated carbocycles. The number of rotatable bonds is 9. The zero-order chi connectivity index (χ0) is 20.3. The molecule has 1 N–H and O–H groups in total. The monoisotopic (exact) mass is 403 g/mol. The predicted molar refractivity (Wildman–Crippen MR) is 114 cm³/mol. The molecule has 0 saturated heterocycles. The van der Waals surface area contributed by atoms with E-state index in [1.807, 2.05) is 31.3 Å². The van der Waals surface area contributed by atoms with Crippen LogP contribution in [0.4, 0.5) is 5.82 Å². The summed E-state index contributed by atoms with van der Waals surface area (Å²) in [5, 5.41) is 7.49. The number of oxazole rings is 1. The molecule has 0 radical (unpaired) electrons. The average Bonchev–Trinajstić information content (AvgIpc) is 3.38. The molecule has 1 aliphatic rings. The van der Waals surface area contributed by atoms with Crippen LogP contribution in [0.25, 0.3) is 22.2 Å². The summed E-state index contributed by atoms with van der Waals surface area (Å²) in [6.07, 6.45) is 8.33. The van der Waals surface area contributed by atoms with Crippen molar-refractivity contribution < 1.29 is 8.94 Å². The summed E-state index contributed by atoms with van der Waals surface area (Å²) in [7, 11) is 0. The summed E-state index contributed by atoms with van der Waals surface area (Å²) in [6, 6.07) is 10.2. The van der Waals surface area contributed by atoms with Crippen LogP contribution in [0, 0.1) is 6.92 Å². The van der Waals surface area contributed by atoms with Crippen LogP contribution in [-0.2, 0) is 6.42 Å². The highest BCUT2D eigenvalue weighted by atomic mass is 16.5. The van der Waals surface area contributed by atoms with Gasteiger partial charge in [0.25, 0.3) is 0 Å². The van der Waals surface area contributed by atoms with Crippen molar-refractivity contribution in [1.29, 1.82) is 0 Å². The smallest absolute Gasteiger partial charge is 0.226 e. The van der Waals surface area contributed by atoms with Gasteiger partial charge in [-0.1, -0.05) is 17.6 Å². The summed E-state index contributed by atoms with van der Waals surface area (Å²) in [5.74, 6) is 3.79. The lowest BCUT2D eigenvalue weighted by atomic mass is 10.1. The summed E-state index contributed by atoms with van der Waals surface area (Å²) in [4.78, 5) is 13.3. The van der Waals surface area contributed by atoms with Crippen LogP contribution in [0.1, 0.15) is 55.6 Å². The molecular formula is C23H25N5O2. The minimum Gasteiger partial charge on any atom is -0.441 e. The van der Waals surface area contributed by atoms with E-state index in [1.54, 1.807) is 0 Å². The number of fused-ring (bicyclic) bond motifs is 1. The average molecular weight is 403 g/mol. The fourth-order valence-corrected chi connectivity index (χ4v) is 3.60. The molecule has 7 heteroatoms. The van der Waals surface area contributed by atoms with Crippen molar-refractivity contribution in [1.82, 2.24) is 20.1 Å². The van der Waals surface area contributed by atoms with E-state index in [9.17, 15) is 0 Å². The molecule has 0 amide bonds. The number of anilines is 1. The lowest BCUT2D eigenvalue weighted by Crippen LogP contribution is -2.03. The summed E-state index contributed by atoms with van der Waals surface area (Å²) < 4.78 is 11.0. The van der Waals surface area contributed by atoms with Crippen LogP contribution in [0.2, 0.25) is 0 Å². The molecule has 0 atom stereocenters. The maximum atomic E-state index is 5.65. The van der Waals surface area contributed by atoms with Crippen molar-refractivity contribution in [2.45, 2.75) is 51.4 Å². The fraction of sp³-hybridized carbons (Fsp3) is 0.391. The van der Waals surface area contributed by atoms with Crippen molar-refractivity contribution in [3.63, 3.8) is 0 Å². The number of hydrogen-bond acceptors (Lipinski definition) is 7. The number of pyridine rings is 1. The van der Waals surface area contributed by atoms with E-state index in [0.29, 0.717) is 11.8 Å². The first-order valence-corrected chi connectivity index (χ1v) is 10.6. The van der Waals surface area contributed by atoms with Crippen molar-refractivity contribution in [2.24, 2.45) is 0 Å². The summed E-state index contributed by atoms with van der Waals surface area (Å²) >= 11 is 0. The van der Waals surface area contributed by atoms with Crippen molar-refractivity contribution in [2.75, 3.05) is 11.9 Å². The highest BCUT2D eigenvalue weighted by molar-refractivity contribution is 5.80. The third-order valence-corrected chi connectivity index (χ3v) is 5.39.